The number of aliphatic carboxylic acids is 1. The van der Waals surface area contributed by atoms with Gasteiger partial charge < -0.3 is 5.11 Å². The number of rotatable bonds is 9. The van der Waals surface area contributed by atoms with Crippen LogP contribution < -0.4 is 0 Å². The van der Waals surface area contributed by atoms with Crippen LogP contribution in [0, 0.1) is 5.92 Å². The smallest absolute Gasteiger partial charge is 0.306 e. The van der Waals surface area contributed by atoms with E-state index in [0.29, 0.717) is 18.9 Å². The van der Waals surface area contributed by atoms with Crippen LogP contribution in [0.1, 0.15) is 64.6 Å². The monoisotopic (exact) mass is 268 g/mol. The van der Waals surface area contributed by atoms with Crippen LogP contribution in [0.5, 0.6) is 0 Å². The van der Waals surface area contributed by atoms with Crippen LogP contribution in [0.3, 0.4) is 0 Å². The summed E-state index contributed by atoms with van der Waals surface area (Å²) in [6.45, 7) is 6.59. The molecule has 1 heterocycles. The van der Waals surface area contributed by atoms with E-state index in [4.69, 9.17) is 5.11 Å². The molecular formula is C13H24N4O2. The minimum absolute atomic E-state index is 0.368. The molecule has 0 radical (unpaired) electrons. The van der Waals surface area contributed by atoms with Gasteiger partial charge in [0.1, 0.15) is 0 Å². The quantitative estimate of drug-likeness (QED) is 0.744. The lowest BCUT2D eigenvalue weighted by molar-refractivity contribution is -0.141. The summed E-state index contributed by atoms with van der Waals surface area (Å²) in [5.74, 6) is 0.129. The van der Waals surface area contributed by atoms with E-state index in [0.717, 1.165) is 31.5 Å². The van der Waals surface area contributed by atoms with Crippen molar-refractivity contribution in [2.24, 2.45) is 5.92 Å². The van der Waals surface area contributed by atoms with Crippen LogP contribution in [0.4, 0.5) is 0 Å². The highest BCUT2D eigenvalue weighted by Gasteiger charge is 2.18. The van der Waals surface area contributed by atoms with Gasteiger partial charge in [-0.15, -0.1) is 5.10 Å². The highest BCUT2D eigenvalue weighted by atomic mass is 16.4. The first-order chi connectivity index (χ1) is 9.10. The molecule has 6 heteroatoms. The van der Waals surface area contributed by atoms with E-state index in [2.05, 4.69) is 29.4 Å². The van der Waals surface area contributed by atoms with Gasteiger partial charge in [-0.3, -0.25) is 4.79 Å². The molecule has 0 aliphatic carbocycles. The van der Waals surface area contributed by atoms with Gasteiger partial charge in [-0.25, -0.2) is 4.68 Å². The van der Waals surface area contributed by atoms with Gasteiger partial charge in [-0.2, -0.15) is 0 Å². The van der Waals surface area contributed by atoms with Crippen LogP contribution >= 0.6 is 0 Å². The second-order valence-electron chi connectivity index (χ2n) is 5.04. The van der Waals surface area contributed by atoms with Crippen molar-refractivity contribution in [3.63, 3.8) is 0 Å². The van der Waals surface area contributed by atoms with Crippen molar-refractivity contribution >= 4 is 5.97 Å². The molecule has 0 aliphatic rings. The highest BCUT2D eigenvalue weighted by molar-refractivity contribution is 5.69. The lowest BCUT2D eigenvalue weighted by Gasteiger charge is -2.14. The predicted molar refractivity (Wildman–Crippen MR) is 71.8 cm³/mol. The molecule has 1 aromatic rings. The Hall–Kier alpha value is -1.46. The Morgan fingerprint density at radius 1 is 1.37 bits per heavy atom. The zero-order chi connectivity index (χ0) is 14.3. The van der Waals surface area contributed by atoms with Gasteiger partial charge >= 0.3 is 5.97 Å². The third-order valence-electron chi connectivity index (χ3n) is 3.52. The minimum atomic E-state index is -0.771. The molecule has 108 valence electrons. The van der Waals surface area contributed by atoms with Crippen LogP contribution in [0.2, 0.25) is 0 Å². The van der Waals surface area contributed by atoms with E-state index in [1.165, 1.54) is 0 Å². The summed E-state index contributed by atoms with van der Waals surface area (Å²) in [4.78, 5) is 10.8. The maximum atomic E-state index is 10.8. The summed E-state index contributed by atoms with van der Waals surface area (Å²) in [5.41, 5.74) is 0. The van der Waals surface area contributed by atoms with E-state index in [1.807, 2.05) is 0 Å². The standard InChI is InChI=1S/C13H24N4O2/c1-4-6-7-11(5-2)12-14-15-16-17(12)9-8-10(3)13(18)19/h10-11H,4-9H2,1-3H3,(H,18,19). The molecule has 0 aromatic carbocycles. The van der Waals surface area contributed by atoms with Crippen molar-refractivity contribution in [1.29, 1.82) is 0 Å². The fourth-order valence-corrected chi connectivity index (χ4v) is 2.07. The molecule has 19 heavy (non-hydrogen) atoms. The maximum Gasteiger partial charge on any atom is 0.306 e. The van der Waals surface area contributed by atoms with E-state index in [-0.39, 0.29) is 5.92 Å². The molecule has 6 nitrogen and oxygen atoms in total. The molecule has 0 fully saturated rings. The van der Waals surface area contributed by atoms with Gasteiger partial charge in [-0.1, -0.05) is 33.6 Å². The van der Waals surface area contributed by atoms with Crippen LogP contribution in [-0.4, -0.2) is 31.3 Å². The minimum Gasteiger partial charge on any atom is -0.481 e. The predicted octanol–water partition coefficient (Wildman–Crippen LogP) is 2.47. The number of hydrogen-bond donors (Lipinski definition) is 1. The van der Waals surface area contributed by atoms with Crippen molar-refractivity contribution in [1.82, 2.24) is 20.2 Å². The first-order valence-corrected chi connectivity index (χ1v) is 7.08. The topological polar surface area (TPSA) is 80.9 Å². The Morgan fingerprint density at radius 3 is 2.68 bits per heavy atom. The molecule has 0 spiro atoms. The second-order valence-corrected chi connectivity index (χ2v) is 5.04. The van der Waals surface area contributed by atoms with E-state index in [1.54, 1.807) is 11.6 Å². The van der Waals surface area contributed by atoms with Gasteiger partial charge in [0.2, 0.25) is 0 Å². The average Bonchev–Trinajstić information content (AvgIpc) is 2.85. The Labute approximate surface area is 114 Å². The van der Waals surface area contributed by atoms with E-state index >= 15 is 0 Å². The number of carboxylic acids is 1. The van der Waals surface area contributed by atoms with Crippen molar-refractivity contribution in [3.8, 4) is 0 Å². The molecule has 0 saturated carbocycles. The molecule has 0 aliphatic heterocycles. The van der Waals surface area contributed by atoms with Gasteiger partial charge in [0, 0.05) is 12.5 Å². The summed E-state index contributed by atoms with van der Waals surface area (Å²) in [5, 5.41) is 20.7. The zero-order valence-corrected chi connectivity index (χ0v) is 12.0. The SMILES string of the molecule is CCCCC(CC)c1nnnn1CCC(C)C(=O)O. The number of aryl methyl sites for hydroxylation is 1. The van der Waals surface area contributed by atoms with Crippen LogP contribution in [0.25, 0.3) is 0 Å². The average molecular weight is 268 g/mol. The molecule has 0 amide bonds. The molecule has 0 saturated heterocycles. The Bertz CT molecular complexity index is 392. The first kappa shape index (κ1) is 15.6. The lowest BCUT2D eigenvalue weighted by Crippen LogP contribution is -2.16. The van der Waals surface area contributed by atoms with Crippen LogP contribution in [-0.2, 0) is 11.3 Å². The maximum absolute atomic E-state index is 10.8. The first-order valence-electron chi connectivity index (χ1n) is 7.08. The number of carbonyl (C=O) groups is 1. The van der Waals surface area contributed by atoms with Crippen molar-refractivity contribution < 1.29 is 9.90 Å². The summed E-state index contributed by atoms with van der Waals surface area (Å²) < 4.78 is 1.77. The van der Waals surface area contributed by atoms with E-state index < -0.39 is 5.97 Å². The second kappa shape index (κ2) is 7.86. The Balaban J connectivity index is 2.65. The highest BCUT2D eigenvalue weighted by Crippen LogP contribution is 2.23. The molecule has 0 bridgehead atoms. The van der Waals surface area contributed by atoms with Crippen LogP contribution in [0.15, 0.2) is 0 Å². The van der Waals surface area contributed by atoms with Crippen molar-refractivity contribution in [2.75, 3.05) is 0 Å². The van der Waals surface area contributed by atoms with Crippen molar-refractivity contribution in [3.05, 3.63) is 5.82 Å². The van der Waals surface area contributed by atoms with E-state index in [9.17, 15) is 4.79 Å². The summed E-state index contributed by atoms with van der Waals surface area (Å²) in [6.07, 6.45) is 4.97. The third kappa shape index (κ3) is 4.61. The molecule has 1 aromatic heterocycles. The molecular weight excluding hydrogens is 244 g/mol. The van der Waals surface area contributed by atoms with Gasteiger partial charge in [-0.05, 0) is 29.7 Å². The largest absolute Gasteiger partial charge is 0.481 e. The van der Waals surface area contributed by atoms with Gasteiger partial charge in [0.05, 0.1) is 5.92 Å². The summed E-state index contributed by atoms with van der Waals surface area (Å²) in [7, 11) is 0. The molecule has 1 N–H and O–H groups in total. The molecule has 2 atom stereocenters. The zero-order valence-electron chi connectivity index (χ0n) is 12.0. The number of aromatic nitrogens is 4. The Morgan fingerprint density at radius 2 is 2.11 bits per heavy atom. The Kier molecular flexibility index (Phi) is 6.45. The molecule has 1 rings (SSSR count). The number of tetrazole rings is 1. The number of unbranched alkanes of at least 4 members (excludes halogenated alkanes) is 1. The number of nitrogens with zero attached hydrogens (tertiary/aromatic N) is 4. The van der Waals surface area contributed by atoms with Crippen molar-refractivity contribution in [2.45, 2.75) is 65.3 Å². The van der Waals surface area contributed by atoms with Gasteiger partial charge in [0.15, 0.2) is 5.82 Å². The summed E-state index contributed by atoms with van der Waals surface area (Å²) >= 11 is 0. The third-order valence-corrected chi connectivity index (χ3v) is 3.52. The van der Waals surface area contributed by atoms with Gasteiger partial charge in [0.25, 0.3) is 0 Å². The fourth-order valence-electron chi connectivity index (χ4n) is 2.07. The normalized spacial score (nSPS) is 14.3. The summed E-state index contributed by atoms with van der Waals surface area (Å²) in [6, 6.07) is 0. The number of hydrogen-bond acceptors (Lipinski definition) is 4. The lowest BCUT2D eigenvalue weighted by atomic mass is 9.98. The number of carboxylic acid groups (broad SMARTS) is 1. The fraction of sp³-hybridized carbons (Fsp3) is 0.846. The molecule has 2 unspecified atom stereocenters.